The Morgan fingerprint density at radius 3 is 2.18 bits per heavy atom. The van der Waals surface area contributed by atoms with E-state index in [-0.39, 0.29) is 11.6 Å². The van der Waals surface area contributed by atoms with Crippen molar-refractivity contribution in [2.75, 3.05) is 31.6 Å². The van der Waals surface area contributed by atoms with E-state index in [4.69, 9.17) is 9.47 Å². The summed E-state index contributed by atoms with van der Waals surface area (Å²) in [5.41, 5.74) is 0.975. The van der Waals surface area contributed by atoms with Crippen LogP contribution in [0.25, 0.3) is 0 Å². The Bertz CT molecular complexity index is 868. The molecule has 0 aliphatic carbocycles. The van der Waals surface area contributed by atoms with Crippen LogP contribution in [0.4, 0.5) is 10.1 Å². The van der Waals surface area contributed by atoms with E-state index in [0.29, 0.717) is 50.3 Å². The Balaban J connectivity index is 1.38. The van der Waals surface area contributed by atoms with Gasteiger partial charge in [-0.3, -0.25) is 9.59 Å². The summed E-state index contributed by atoms with van der Waals surface area (Å²) in [6.45, 7) is 2.33. The van der Waals surface area contributed by atoms with E-state index in [1.165, 1.54) is 12.1 Å². The molecule has 0 radical (unpaired) electrons. The highest BCUT2D eigenvalue weighted by Crippen LogP contribution is 2.31. The monoisotopic (exact) mass is 384 g/mol. The SMILES string of the molecule is O=C(Nc1ccccc1F)c1ccc(C(=O)N2CCC3(CC2)OCCO3)cc1. The third-order valence-electron chi connectivity index (χ3n) is 5.14. The first-order valence-electron chi connectivity index (χ1n) is 9.29. The van der Waals surface area contributed by atoms with Gasteiger partial charge in [0.1, 0.15) is 5.82 Å². The molecule has 7 heteroatoms. The van der Waals surface area contributed by atoms with Crippen molar-refractivity contribution in [1.29, 1.82) is 0 Å². The van der Waals surface area contributed by atoms with Crippen LogP contribution < -0.4 is 5.32 Å². The number of ether oxygens (including phenoxy) is 2. The fourth-order valence-electron chi connectivity index (χ4n) is 3.54. The molecule has 2 saturated heterocycles. The zero-order valence-corrected chi connectivity index (χ0v) is 15.3. The second-order valence-electron chi connectivity index (χ2n) is 6.91. The first-order chi connectivity index (χ1) is 13.6. The number of benzene rings is 2. The molecule has 0 saturated carbocycles. The Kier molecular flexibility index (Phi) is 5.11. The molecule has 2 aliphatic rings. The standard InChI is InChI=1S/C21H21FN2O4/c22-17-3-1-2-4-18(17)23-19(25)15-5-7-16(8-6-15)20(26)24-11-9-21(10-12-24)27-13-14-28-21/h1-8H,9-14H2,(H,23,25). The Hall–Kier alpha value is -2.77. The van der Waals surface area contributed by atoms with Crippen LogP contribution in [0.15, 0.2) is 48.5 Å². The molecule has 0 unspecified atom stereocenters. The van der Waals surface area contributed by atoms with Crippen molar-refractivity contribution >= 4 is 17.5 Å². The highest BCUT2D eigenvalue weighted by atomic mass is 19.1. The highest BCUT2D eigenvalue weighted by molar-refractivity contribution is 6.05. The number of hydrogen-bond acceptors (Lipinski definition) is 4. The lowest BCUT2D eigenvalue weighted by molar-refractivity contribution is -0.181. The summed E-state index contributed by atoms with van der Waals surface area (Å²) in [6.07, 6.45) is 1.31. The molecule has 146 valence electrons. The zero-order valence-electron chi connectivity index (χ0n) is 15.3. The molecule has 0 atom stereocenters. The lowest BCUT2D eigenvalue weighted by atomic mass is 10.0. The summed E-state index contributed by atoms with van der Waals surface area (Å²) < 4.78 is 25.0. The van der Waals surface area contributed by atoms with Crippen LogP contribution in [0.3, 0.4) is 0 Å². The molecular weight excluding hydrogens is 363 g/mol. The number of amides is 2. The quantitative estimate of drug-likeness (QED) is 0.883. The van der Waals surface area contributed by atoms with E-state index in [2.05, 4.69) is 5.32 Å². The van der Waals surface area contributed by atoms with Crippen LogP contribution >= 0.6 is 0 Å². The maximum absolute atomic E-state index is 13.7. The molecule has 6 nitrogen and oxygen atoms in total. The Labute approximate surface area is 162 Å². The van der Waals surface area contributed by atoms with Crippen LogP contribution in [0.5, 0.6) is 0 Å². The Morgan fingerprint density at radius 1 is 0.929 bits per heavy atom. The van der Waals surface area contributed by atoms with E-state index in [1.54, 1.807) is 41.3 Å². The molecule has 2 amide bonds. The van der Waals surface area contributed by atoms with E-state index < -0.39 is 17.5 Å². The van der Waals surface area contributed by atoms with Gasteiger partial charge in [-0.15, -0.1) is 0 Å². The number of halogens is 1. The van der Waals surface area contributed by atoms with Crippen molar-refractivity contribution in [3.8, 4) is 0 Å². The van der Waals surface area contributed by atoms with E-state index in [0.717, 1.165) is 0 Å². The average Bonchev–Trinajstić information content (AvgIpc) is 3.18. The van der Waals surface area contributed by atoms with Crippen molar-refractivity contribution < 1.29 is 23.5 Å². The van der Waals surface area contributed by atoms with Gasteiger partial charge in [-0.1, -0.05) is 12.1 Å². The highest BCUT2D eigenvalue weighted by Gasteiger charge is 2.40. The molecule has 1 spiro atoms. The van der Waals surface area contributed by atoms with Gasteiger partial charge in [-0.25, -0.2) is 4.39 Å². The minimum absolute atomic E-state index is 0.0890. The summed E-state index contributed by atoms with van der Waals surface area (Å²) in [4.78, 5) is 26.8. The first-order valence-corrected chi connectivity index (χ1v) is 9.29. The van der Waals surface area contributed by atoms with Crippen LogP contribution in [0.2, 0.25) is 0 Å². The van der Waals surface area contributed by atoms with Crippen LogP contribution in [0, 0.1) is 5.82 Å². The summed E-state index contributed by atoms with van der Waals surface area (Å²) in [5.74, 6) is -1.54. The van der Waals surface area contributed by atoms with E-state index in [9.17, 15) is 14.0 Å². The number of hydrogen-bond donors (Lipinski definition) is 1. The number of likely N-dealkylation sites (tertiary alicyclic amines) is 1. The fraction of sp³-hybridized carbons (Fsp3) is 0.333. The molecule has 28 heavy (non-hydrogen) atoms. The van der Waals surface area contributed by atoms with E-state index in [1.807, 2.05) is 0 Å². The second kappa shape index (κ2) is 7.69. The molecule has 1 N–H and O–H groups in total. The summed E-state index contributed by atoms with van der Waals surface area (Å²) >= 11 is 0. The lowest BCUT2D eigenvalue weighted by Crippen LogP contribution is -2.47. The number of nitrogens with zero attached hydrogens (tertiary/aromatic N) is 1. The Morgan fingerprint density at radius 2 is 1.54 bits per heavy atom. The minimum Gasteiger partial charge on any atom is -0.347 e. The zero-order chi connectivity index (χ0) is 19.6. The maximum Gasteiger partial charge on any atom is 0.255 e. The molecular formula is C21H21FN2O4. The normalized spacial score (nSPS) is 18.2. The molecule has 0 bridgehead atoms. The smallest absolute Gasteiger partial charge is 0.255 e. The summed E-state index contributed by atoms with van der Waals surface area (Å²) in [6, 6.07) is 12.3. The number of carbonyl (C=O) groups is 2. The molecule has 2 aromatic carbocycles. The lowest BCUT2D eigenvalue weighted by Gasteiger charge is -2.37. The van der Waals surface area contributed by atoms with Gasteiger partial charge < -0.3 is 19.7 Å². The summed E-state index contributed by atoms with van der Waals surface area (Å²) in [7, 11) is 0. The van der Waals surface area contributed by atoms with Gasteiger partial charge in [0.2, 0.25) is 0 Å². The topological polar surface area (TPSA) is 67.9 Å². The largest absolute Gasteiger partial charge is 0.347 e. The van der Waals surface area contributed by atoms with Gasteiger partial charge in [0.05, 0.1) is 18.9 Å². The third-order valence-corrected chi connectivity index (χ3v) is 5.14. The third kappa shape index (κ3) is 3.76. The molecule has 2 aromatic rings. The van der Waals surface area contributed by atoms with Gasteiger partial charge in [-0.2, -0.15) is 0 Å². The van der Waals surface area contributed by atoms with Gasteiger partial charge >= 0.3 is 0 Å². The maximum atomic E-state index is 13.7. The van der Waals surface area contributed by atoms with Gasteiger partial charge in [0, 0.05) is 37.1 Å². The van der Waals surface area contributed by atoms with Crippen molar-refractivity contribution in [3.05, 3.63) is 65.5 Å². The number of para-hydroxylation sites is 1. The molecule has 0 aromatic heterocycles. The van der Waals surface area contributed by atoms with Crippen molar-refractivity contribution in [2.45, 2.75) is 18.6 Å². The van der Waals surface area contributed by atoms with Crippen LogP contribution in [0.1, 0.15) is 33.6 Å². The number of nitrogens with one attached hydrogen (secondary N) is 1. The molecule has 2 aliphatic heterocycles. The van der Waals surface area contributed by atoms with Gasteiger partial charge in [0.15, 0.2) is 5.79 Å². The molecule has 2 fully saturated rings. The molecule has 4 rings (SSSR count). The predicted molar refractivity (Wildman–Crippen MR) is 101 cm³/mol. The number of carbonyl (C=O) groups excluding carboxylic acids is 2. The summed E-state index contributed by atoms with van der Waals surface area (Å²) in [5, 5.41) is 2.53. The number of rotatable bonds is 3. The van der Waals surface area contributed by atoms with Gasteiger partial charge in [-0.05, 0) is 36.4 Å². The first kappa shape index (κ1) is 18.6. The minimum atomic E-state index is -0.522. The number of piperidine rings is 1. The second-order valence-corrected chi connectivity index (χ2v) is 6.91. The van der Waals surface area contributed by atoms with Crippen molar-refractivity contribution in [3.63, 3.8) is 0 Å². The molecule has 2 heterocycles. The van der Waals surface area contributed by atoms with Crippen LogP contribution in [-0.4, -0.2) is 48.8 Å². The number of anilines is 1. The van der Waals surface area contributed by atoms with Crippen molar-refractivity contribution in [1.82, 2.24) is 4.90 Å². The van der Waals surface area contributed by atoms with Crippen molar-refractivity contribution in [2.24, 2.45) is 0 Å². The van der Waals surface area contributed by atoms with Crippen LogP contribution in [-0.2, 0) is 9.47 Å². The fourth-order valence-corrected chi connectivity index (χ4v) is 3.54. The van der Waals surface area contributed by atoms with E-state index >= 15 is 0 Å². The van der Waals surface area contributed by atoms with Gasteiger partial charge in [0.25, 0.3) is 11.8 Å². The predicted octanol–water partition coefficient (Wildman–Crippen LogP) is 3.06. The average molecular weight is 384 g/mol.